The van der Waals surface area contributed by atoms with E-state index in [9.17, 15) is 4.79 Å². The van der Waals surface area contributed by atoms with Gasteiger partial charge < -0.3 is 20.3 Å². The van der Waals surface area contributed by atoms with Crippen LogP contribution in [-0.2, 0) is 17.9 Å². The summed E-state index contributed by atoms with van der Waals surface area (Å²) in [5.74, 6) is 1.84. The Morgan fingerprint density at radius 3 is 2.62 bits per heavy atom. The maximum Gasteiger partial charge on any atom is 0.226 e. The molecule has 0 bridgehead atoms. The number of benzene rings is 2. The molecule has 1 saturated heterocycles. The Labute approximate surface area is 173 Å². The van der Waals surface area contributed by atoms with E-state index in [4.69, 9.17) is 4.74 Å². The third-order valence-corrected chi connectivity index (χ3v) is 4.97. The van der Waals surface area contributed by atoms with Crippen LogP contribution < -0.4 is 20.3 Å². The van der Waals surface area contributed by atoms with Crippen molar-refractivity contribution in [2.45, 2.75) is 39.3 Å². The summed E-state index contributed by atoms with van der Waals surface area (Å²) in [6.45, 7) is 4.84. The fourth-order valence-corrected chi connectivity index (χ4v) is 3.40. The number of hydrogen-bond acceptors (Lipinski definition) is 3. The van der Waals surface area contributed by atoms with Crippen LogP contribution in [0.1, 0.15) is 37.3 Å². The molecular weight excluding hydrogens is 364 g/mol. The number of methoxy groups -OCH3 is 1. The first kappa shape index (κ1) is 20.7. The van der Waals surface area contributed by atoms with Crippen molar-refractivity contribution in [3.05, 3.63) is 59.7 Å². The van der Waals surface area contributed by atoms with Crippen molar-refractivity contribution in [1.29, 1.82) is 0 Å². The lowest BCUT2D eigenvalue weighted by atomic mass is 10.1. The van der Waals surface area contributed by atoms with Crippen molar-refractivity contribution in [3.8, 4) is 5.75 Å². The van der Waals surface area contributed by atoms with Crippen LogP contribution in [0.25, 0.3) is 0 Å². The van der Waals surface area contributed by atoms with Crippen molar-refractivity contribution in [3.63, 3.8) is 0 Å². The predicted octanol–water partition coefficient (Wildman–Crippen LogP) is 3.47. The number of amides is 1. The molecule has 1 fully saturated rings. The van der Waals surface area contributed by atoms with Crippen LogP contribution in [-0.4, -0.2) is 32.1 Å². The number of aliphatic imine (C=N–C) groups is 1. The normalized spacial score (nSPS) is 14.6. The number of nitrogens with one attached hydrogen (secondary N) is 2. The molecule has 1 amide bonds. The molecule has 0 saturated carbocycles. The second kappa shape index (κ2) is 10.5. The highest BCUT2D eigenvalue weighted by Gasteiger charge is 2.19. The first-order valence-electron chi connectivity index (χ1n) is 10.2. The van der Waals surface area contributed by atoms with Gasteiger partial charge in [-0.15, -0.1) is 0 Å². The van der Waals surface area contributed by atoms with Gasteiger partial charge in [-0.25, -0.2) is 4.99 Å². The molecule has 0 spiro atoms. The third-order valence-electron chi connectivity index (χ3n) is 4.97. The number of guanidine groups is 1. The minimum atomic E-state index is 0.219. The number of carbonyl (C=O) groups is 1. The van der Waals surface area contributed by atoms with Crippen LogP contribution in [0.5, 0.6) is 5.75 Å². The lowest BCUT2D eigenvalue weighted by molar-refractivity contribution is -0.119. The summed E-state index contributed by atoms with van der Waals surface area (Å²) in [5.41, 5.74) is 3.16. The van der Waals surface area contributed by atoms with Gasteiger partial charge in [0.1, 0.15) is 5.75 Å². The Morgan fingerprint density at radius 1 is 1.10 bits per heavy atom. The average Bonchev–Trinajstić information content (AvgIpc) is 2.76. The standard InChI is InChI=1S/C23H30N4O2/c1-3-24-23(26-17-19-8-4-5-9-21(19)29-2)25-16-18-11-13-20(14-12-18)27-15-7-6-10-22(27)28/h4-5,8-9,11-14H,3,6-7,10,15-17H2,1-2H3,(H2,24,25,26). The Bertz CT molecular complexity index is 833. The second-order valence-corrected chi connectivity index (χ2v) is 7.03. The van der Waals surface area contributed by atoms with Crippen LogP contribution in [0.4, 0.5) is 5.69 Å². The molecule has 6 heteroatoms. The van der Waals surface area contributed by atoms with E-state index in [1.807, 2.05) is 60.4 Å². The Hall–Kier alpha value is -3.02. The second-order valence-electron chi connectivity index (χ2n) is 7.03. The first-order valence-corrected chi connectivity index (χ1v) is 10.2. The number of ether oxygens (including phenoxy) is 1. The molecule has 0 aliphatic carbocycles. The summed E-state index contributed by atoms with van der Waals surface area (Å²) >= 11 is 0. The fraction of sp³-hybridized carbons (Fsp3) is 0.391. The zero-order valence-corrected chi connectivity index (χ0v) is 17.3. The molecule has 154 valence electrons. The summed E-state index contributed by atoms with van der Waals surface area (Å²) in [4.78, 5) is 18.6. The lowest BCUT2D eigenvalue weighted by Crippen LogP contribution is -2.36. The molecule has 2 aromatic carbocycles. The predicted molar refractivity (Wildman–Crippen MR) is 117 cm³/mol. The highest BCUT2D eigenvalue weighted by atomic mass is 16.5. The van der Waals surface area contributed by atoms with Gasteiger partial charge in [-0.3, -0.25) is 4.79 Å². The number of anilines is 1. The summed E-state index contributed by atoms with van der Waals surface area (Å²) in [6, 6.07) is 16.1. The largest absolute Gasteiger partial charge is 0.496 e. The van der Waals surface area contributed by atoms with E-state index in [0.29, 0.717) is 19.5 Å². The minimum Gasteiger partial charge on any atom is -0.496 e. The van der Waals surface area contributed by atoms with Crippen molar-refractivity contribution >= 4 is 17.6 Å². The maximum atomic E-state index is 12.1. The molecule has 6 nitrogen and oxygen atoms in total. The maximum absolute atomic E-state index is 12.1. The van der Waals surface area contributed by atoms with Crippen LogP contribution in [0.2, 0.25) is 0 Å². The molecule has 0 unspecified atom stereocenters. The van der Waals surface area contributed by atoms with E-state index < -0.39 is 0 Å². The third kappa shape index (κ3) is 5.73. The SMILES string of the molecule is CCNC(=NCc1ccc(N2CCCCC2=O)cc1)NCc1ccccc1OC. The smallest absolute Gasteiger partial charge is 0.226 e. The van der Waals surface area contributed by atoms with Crippen molar-refractivity contribution in [1.82, 2.24) is 10.6 Å². The Balaban J connectivity index is 1.61. The van der Waals surface area contributed by atoms with Gasteiger partial charge in [0.2, 0.25) is 5.91 Å². The van der Waals surface area contributed by atoms with E-state index in [2.05, 4.69) is 15.6 Å². The lowest BCUT2D eigenvalue weighted by Gasteiger charge is -2.26. The number of para-hydroxylation sites is 1. The van der Waals surface area contributed by atoms with E-state index in [1.54, 1.807) is 7.11 Å². The molecule has 0 aromatic heterocycles. The molecule has 1 heterocycles. The van der Waals surface area contributed by atoms with Crippen LogP contribution in [0, 0.1) is 0 Å². The van der Waals surface area contributed by atoms with Gasteiger partial charge in [-0.2, -0.15) is 0 Å². The molecule has 1 aliphatic rings. The Morgan fingerprint density at radius 2 is 1.90 bits per heavy atom. The van der Waals surface area contributed by atoms with Gasteiger partial charge >= 0.3 is 0 Å². The van der Waals surface area contributed by atoms with Gasteiger partial charge in [0, 0.05) is 37.3 Å². The van der Waals surface area contributed by atoms with E-state index in [-0.39, 0.29) is 5.91 Å². The number of piperidine rings is 1. The zero-order chi connectivity index (χ0) is 20.5. The van der Waals surface area contributed by atoms with Gasteiger partial charge in [-0.1, -0.05) is 30.3 Å². The monoisotopic (exact) mass is 394 g/mol. The highest BCUT2D eigenvalue weighted by molar-refractivity contribution is 5.93. The number of hydrogen-bond donors (Lipinski definition) is 2. The first-order chi connectivity index (χ1) is 14.2. The van der Waals surface area contributed by atoms with E-state index >= 15 is 0 Å². The molecule has 2 aromatic rings. The fourth-order valence-electron chi connectivity index (χ4n) is 3.40. The number of carbonyl (C=O) groups excluding carboxylic acids is 1. The minimum absolute atomic E-state index is 0.219. The van der Waals surface area contributed by atoms with Gasteiger partial charge in [0.05, 0.1) is 13.7 Å². The van der Waals surface area contributed by atoms with Crippen LogP contribution in [0.15, 0.2) is 53.5 Å². The van der Waals surface area contributed by atoms with Gasteiger partial charge in [0.15, 0.2) is 5.96 Å². The quantitative estimate of drug-likeness (QED) is 0.557. The van der Waals surface area contributed by atoms with Crippen LogP contribution in [0.3, 0.4) is 0 Å². The molecule has 3 rings (SSSR count). The number of nitrogens with zero attached hydrogens (tertiary/aromatic N) is 2. The Kier molecular flexibility index (Phi) is 7.50. The molecule has 29 heavy (non-hydrogen) atoms. The molecule has 2 N–H and O–H groups in total. The van der Waals surface area contributed by atoms with Gasteiger partial charge in [0.25, 0.3) is 0 Å². The van der Waals surface area contributed by atoms with E-state index in [1.165, 1.54) is 0 Å². The van der Waals surface area contributed by atoms with Crippen molar-refractivity contribution < 1.29 is 9.53 Å². The molecule has 0 radical (unpaired) electrons. The summed E-state index contributed by atoms with van der Waals surface area (Å²) < 4.78 is 5.41. The van der Waals surface area contributed by atoms with Crippen LogP contribution >= 0.6 is 0 Å². The molecular formula is C23H30N4O2. The van der Waals surface area contributed by atoms with Crippen molar-refractivity contribution in [2.75, 3.05) is 25.1 Å². The topological polar surface area (TPSA) is 66.0 Å². The summed E-state index contributed by atoms with van der Waals surface area (Å²) in [7, 11) is 1.68. The van der Waals surface area contributed by atoms with E-state index in [0.717, 1.165) is 54.5 Å². The summed E-state index contributed by atoms with van der Waals surface area (Å²) in [6.07, 6.45) is 2.72. The highest BCUT2D eigenvalue weighted by Crippen LogP contribution is 2.21. The molecule has 1 aliphatic heterocycles. The van der Waals surface area contributed by atoms with Crippen molar-refractivity contribution in [2.24, 2.45) is 4.99 Å². The average molecular weight is 395 g/mol. The number of rotatable bonds is 7. The molecule has 0 atom stereocenters. The van der Waals surface area contributed by atoms with Gasteiger partial charge in [-0.05, 0) is 43.5 Å². The summed E-state index contributed by atoms with van der Waals surface area (Å²) in [5, 5.41) is 6.63. The zero-order valence-electron chi connectivity index (χ0n) is 17.3.